The van der Waals surface area contributed by atoms with E-state index in [-0.39, 0.29) is 30.2 Å². The van der Waals surface area contributed by atoms with Crippen LogP contribution in [0.1, 0.15) is 66.9 Å². The van der Waals surface area contributed by atoms with E-state index in [2.05, 4.69) is 24.5 Å². The number of carbonyl (C=O) groups is 2. The first kappa shape index (κ1) is 35.8. The van der Waals surface area contributed by atoms with E-state index in [1.807, 2.05) is 18.2 Å². The van der Waals surface area contributed by atoms with Crippen molar-refractivity contribution >= 4 is 23.6 Å². The summed E-state index contributed by atoms with van der Waals surface area (Å²) in [5, 5.41) is 16.7. The molecule has 0 heterocycles. The fraction of sp³-hybridized carbons (Fsp3) is 0.733. The van der Waals surface area contributed by atoms with Crippen molar-refractivity contribution in [3.05, 3.63) is 23.8 Å². The smallest absolute Gasteiger partial charge is 0.407 e. The largest absolute Gasteiger partial charge is 0.493 e. The molecule has 0 aliphatic rings. The zero-order valence-corrected chi connectivity index (χ0v) is 26.5. The first-order valence-electron chi connectivity index (χ1n) is 13.9. The van der Waals surface area contributed by atoms with Crippen molar-refractivity contribution in [2.75, 3.05) is 39.9 Å². The Kier molecular flexibility index (Phi) is 15.1. The average molecular weight is 587 g/mol. The molecule has 0 aromatic heterocycles. The van der Waals surface area contributed by atoms with Crippen molar-refractivity contribution in [1.29, 1.82) is 0 Å². The van der Waals surface area contributed by atoms with Crippen LogP contribution in [0.5, 0.6) is 11.5 Å². The van der Waals surface area contributed by atoms with Gasteiger partial charge in [-0.3, -0.25) is 4.79 Å². The third kappa shape index (κ3) is 13.0. The van der Waals surface area contributed by atoms with Gasteiger partial charge in [-0.2, -0.15) is 0 Å². The van der Waals surface area contributed by atoms with E-state index in [9.17, 15) is 14.7 Å². The third-order valence-electron chi connectivity index (χ3n) is 6.56. The highest BCUT2D eigenvalue weighted by Crippen LogP contribution is 2.31. The van der Waals surface area contributed by atoms with E-state index in [0.29, 0.717) is 37.6 Å². The van der Waals surface area contributed by atoms with Crippen molar-refractivity contribution in [3.63, 3.8) is 0 Å². The minimum atomic E-state index is -1.04. The second-order valence-electron chi connectivity index (χ2n) is 12.2. The Morgan fingerprint density at radius 1 is 1.05 bits per heavy atom. The summed E-state index contributed by atoms with van der Waals surface area (Å²) in [4.78, 5) is 25.3. The van der Waals surface area contributed by atoms with Gasteiger partial charge in [0, 0.05) is 32.6 Å². The first-order chi connectivity index (χ1) is 18.6. The number of carbonyl (C=O) groups excluding carboxylic acids is 2. The molecule has 0 spiro atoms. The first-order valence-corrected chi connectivity index (χ1v) is 14.5. The molecule has 9 nitrogen and oxygen atoms in total. The van der Waals surface area contributed by atoms with E-state index in [0.717, 1.165) is 12.0 Å². The molecule has 10 heteroatoms. The molecule has 3 atom stereocenters. The predicted octanol–water partition coefficient (Wildman–Crippen LogP) is 4.95. The molecule has 0 fully saturated rings. The summed E-state index contributed by atoms with van der Waals surface area (Å²) in [6.45, 7) is 14.1. The Labute approximate surface area is 245 Å². The Hall–Kier alpha value is -2.23. The molecule has 0 bridgehead atoms. The molecule has 0 unspecified atom stereocenters. The van der Waals surface area contributed by atoms with Gasteiger partial charge in [0.15, 0.2) is 11.5 Å². The van der Waals surface area contributed by atoms with E-state index < -0.39 is 29.3 Å². The van der Waals surface area contributed by atoms with Crippen molar-refractivity contribution in [1.82, 2.24) is 10.6 Å². The van der Waals surface area contributed by atoms with Crippen molar-refractivity contribution in [2.45, 2.75) is 85.5 Å². The zero-order valence-electron chi connectivity index (χ0n) is 25.8. The fourth-order valence-corrected chi connectivity index (χ4v) is 4.10. The molecule has 0 aliphatic heterocycles. The summed E-state index contributed by atoms with van der Waals surface area (Å²) in [6.07, 6.45) is 0.235. The molecule has 2 amide bonds. The van der Waals surface area contributed by atoms with E-state index >= 15 is 0 Å². The zero-order chi connectivity index (χ0) is 30.5. The number of halogens is 1. The lowest BCUT2D eigenvalue weighted by Crippen LogP contribution is -2.52. The normalized spacial score (nSPS) is 14.3. The van der Waals surface area contributed by atoms with Gasteiger partial charge in [0.1, 0.15) is 5.60 Å². The topological polar surface area (TPSA) is 115 Å². The van der Waals surface area contributed by atoms with Gasteiger partial charge in [-0.05, 0) is 77.0 Å². The Morgan fingerprint density at radius 2 is 1.73 bits per heavy atom. The van der Waals surface area contributed by atoms with Crippen LogP contribution in [0.15, 0.2) is 18.2 Å². The van der Waals surface area contributed by atoms with E-state index in [4.69, 9.17) is 30.5 Å². The number of benzene rings is 1. The van der Waals surface area contributed by atoms with Crippen LogP contribution >= 0.6 is 11.6 Å². The quantitative estimate of drug-likeness (QED) is 0.175. The van der Waals surface area contributed by atoms with Crippen LogP contribution in [0.4, 0.5) is 4.79 Å². The minimum Gasteiger partial charge on any atom is -0.493 e. The Morgan fingerprint density at radius 3 is 2.27 bits per heavy atom. The van der Waals surface area contributed by atoms with Crippen LogP contribution in [0.3, 0.4) is 0 Å². The van der Waals surface area contributed by atoms with Gasteiger partial charge in [-0.25, -0.2) is 4.79 Å². The maximum Gasteiger partial charge on any atom is 0.407 e. The average Bonchev–Trinajstić information content (AvgIpc) is 2.87. The molecule has 0 saturated heterocycles. The number of nitrogens with one attached hydrogen (secondary N) is 2. The summed E-state index contributed by atoms with van der Waals surface area (Å²) in [5.74, 6) is 1.50. The number of alkyl halides is 1. The minimum absolute atomic E-state index is 0.0353. The number of hydrogen-bond donors (Lipinski definition) is 3. The highest BCUT2D eigenvalue weighted by molar-refractivity contribution is 6.19. The monoisotopic (exact) mass is 586 g/mol. The highest BCUT2D eigenvalue weighted by atomic mass is 35.5. The van der Waals surface area contributed by atoms with E-state index in [1.54, 1.807) is 48.8 Å². The number of rotatable bonds is 17. The van der Waals surface area contributed by atoms with Crippen LogP contribution in [0, 0.1) is 17.3 Å². The highest BCUT2D eigenvalue weighted by Gasteiger charge is 2.31. The summed E-state index contributed by atoms with van der Waals surface area (Å²) < 4.78 is 22.0. The lowest BCUT2D eigenvalue weighted by atomic mass is 9.83. The molecule has 3 N–H and O–H groups in total. The molecule has 0 radical (unpaired) electrons. The van der Waals surface area contributed by atoms with Gasteiger partial charge in [0.05, 0.1) is 31.3 Å². The second kappa shape index (κ2) is 16.9. The SMILES string of the molecule is COCCCOc1cc(C[C@@H](C[C@H](NC(=O)OC(C)(C)C)[C@@H](O)CNC(=O)C(C)(C)CCl)C(C)C)ccc1OC. The summed E-state index contributed by atoms with van der Waals surface area (Å²) >= 11 is 5.93. The summed E-state index contributed by atoms with van der Waals surface area (Å²) in [7, 11) is 3.26. The maximum atomic E-state index is 12.7. The molecule has 0 aliphatic carbocycles. The van der Waals surface area contributed by atoms with Crippen LogP contribution in [0.25, 0.3) is 0 Å². The molecule has 1 rings (SSSR count). The van der Waals surface area contributed by atoms with E-state index in [1.165, 1.54) is 0 Å². The molecule has 0 saturated carbocycles. The van der Waals surface area contributed by atoms with Gasteiger partial charge in [0.2, 0.25) is 5.91 Å². The standard InChI is InChI=1S/C30H51ClN2O7/c1-20(2)22(15-21-11-12-25(38-9)26(16-21)39-14-10-13-37-8)17-23(33-28(36)40-29(3,4)5)24(34)18-32-27(35)30(6,7)19-31/h11-12,16,20,22-24,34H,10,13-15,17-19H2,1-9H3,(H,32,35)(H,33,36)/t22-,23-,24-/m0/s1. The van der Waals surface area contributed by atoms with Crippen molar-refractivity contribution in [3.8, 4) is 11.5 Å². The fourth-order valence-electron chi connectivity index (χ4n) is 3.98. The third-order valence-corrected chi connectivity index (χ3v) is 7.23. The van der Waals surface area contributed by atoms with Gasteiger partial charge in [-0.1, -0.05) is 19.9 Å². The number of ether oxygens (including phenoxy) is 4. The molecular formula is C30H51ClN2O7. The van der Waals surface area contributed by atoms with Gasteiger partial charge in [-0.15, -0.1) is 11.6 Å². The van der Waals surface area contributed by atoms with Crippen LogP contribution in [-0.4, -0.2) is 74.7 Å². The summed E-state index contributed by atoms with van der Waals surface area (Å²) in [6, 6.07) is 5.20. The maximum absolute atomic E-state index is 12.7. The molecule has 40 heavy (non-hydrogen) atoms. The molecule has 230 valence electrons. The van der Waals surface area contributed by atoms with Gasteiger partial charge in [0.25, 0.3) is 0 Å². The Bertz CT molecular complexity index is 918. The van der Waals surface area contributed by atoms with Crippen LogP contribution in [-0.2, 0) is 20.7 Å². The number of amides is 2. The molecule has 1 aromatic rings. The predicted molar refractivity (Wildman–Crippen MR) is 158 cm³/mol. The lowest BCUT2D eigenvalue weighted by Gasteiger charge is -2.32. The number of hydrogen-bond acceptors (Lipinski definition) is 7. The second-order valence-corrected chi connectivity index (χ2v) is 12.4. The van der Waals surface area contributed by atoms with Crippen LogP contribution in [0.2, 0.25) is 0 Å². The van der Waals surface area contributed by atoms with Gasteiger partial charge < -0.3 is 34.7 Å². The van der Waals surface area contributed by atoms with Crippen molar-refractivity contribution < 1.29 is 33.6 Å². The van der Waals surface area contributed by atoms with Gasteiger partial charge >= 0.3 is 6.09 Å². The number of methoxy groups -OCH3 is 2. The molecule has 1 aromatic carbocycles. The number of aliphatic hydroxyl groups excluding tert-OH is 1. The summed E-state index contributed by atoms with van der Waals surface area (Å²) in [5.41, 5.74) is -0.435. The number of aliphatic hydroxyl groups is 1. The molecular weight excluding hydrogens is 536 g/mol. The number of alkyl carbamates (subject to hydrolysis) is 1. The lowest BCUT2D eigenvalue weighted by molar-refractivity contribution is -0.128. The Balaban J connectivity index is 3.12. The van der Waals surface area contributed by atoms with Crippen LogP contribution < -0.4 is 20.1 Å². The van der Waals surface area contributed by atoms with Crippen molar-refractivity contribution in [2.24, 2.45) is 17.3 Å².